The number of nitrogens with zero attached hydrogens (tertiary/aromatic N) is 2. The maximum Gasteiger partial charge on any atom is 0.250 e. The van der Waals surface area contributed by atoms with Crippen molar-refractivity contribution in [2.45, 2.75) is 5.25 Å². The van der Waals surface area contributed by atoms with Crippen LogP contribution in [0.25, 0.3) is 11.1 Å². The Morgan fingerprint density at radius 1 is 1.04 bits per heavy atom. The number of hydrogen-bond acceptors (Lipinski definition) is 4. The van der Waals surface area contributed by atoms with Crippen molar-refractivity contribution < 1.29 is 4.79 Å². The first kappa shape index (κ1) is 16.5. The molecule has 1 amide bonds. The smallest absolute Gasteiger partial charge is 0.250 e. The molecule has 2 aromatic carbocycles. The molecule has 0 saturated carbocycles. The predicted octanol–water partition coefficient (Wildman–Crippen LogP) is 4.03. The van der Waals surface area contributed by atoms with Crippen LogP contribution >= 0.6 is 11.8 Å². The second-order valence-corrected chi connectivity index (χ2v) is 7.04. The fourth-order valence-corrected chi connectivity index (χ4v) is 4.26. The second-order valence-electron chi connectivity index (χ2n) is 5.95. The molecule has 4 rings (SSSR count). The number of aromatic nitrogens is 1. The zero-order valence-corrected chi connectivity index (χ0v) is 14.8. The zero-order chi connectivity index (χ0) is 17.8. The number of pyridine rings is 1. The van der Waals surface area contributed by atoms with E-state index in [0.717, 1.165) is 5.56 Å². The first-order chi connectivity index (χ1) is 12.8. The minimum Gasteiger partial charge on any atom is -0.272 e. The molecule has 0 aliphatic heterocycles. The van der Waals surface area contributed by atoms with E-state index in [1.54, 1.807) is 30.4 Å². The molecule has 1 heterocycles. The van der Waals surface area contributed by atoms with Gasteiger partial charge in [0.1, 0.15) is 0 Å². The predicted molar refractivity (Wildman–Crippen MR) is 106 cm³/mol. The maximum atomic E-state index is 12.2. The van der Waals surface area contributed by atoms with Crippen LogP contribution in [-0.4, -0.2) is 22.9 Å². The van der Waals surface area contributed by atoms with E-state index >= 15 is 0 Å². The number of amides is 1. The Kier molecular flexibility index (Phi) is 4.80. The number of hydrazone groups is 1. The molecule has 5 heteroatoms. The van der Waals surface area contributed by atoms with Gasteiger partial charge in [0.25, 0.3) is 0 Å². The van der Waals surface area contributed by atoms with Crippen LogP contribution in [0.1, 0.15) is 21.9 Å². The standard InChI is InChI=1S/C21H17N3OS/c25-20(24-23-13-15-6-5-11-22-12-15)14-26-21-18-9-3-1-7-16(18)17-8-2-4-10-19(17)21/h1-13,21H,14H2,(H,24,25)/b23-13-. The summed E-state index contributed by atoms with van der Waals surface area (Å²) in [4.78, 5) is 16.2. The molecule has 1 aliphatic carbocycles. The van der Waals surface area contributed by atoms with Gasteiger partial charge in [0.05, 0.1) is 17.2 Å². The topological polar surface area (TPSA) is 54.4 Å². The summed E-state index contributed by atoms with van der Waals surface area (Å²) in [5.41, 5.74) is 8.49. The van der Waals surface area contributed by atoms with E-state index in [1.165, 1.54) is 22.3 Å². The van der Waals surface area contributed by atoms with Gasteiger partial charge in [0.2, 0.25) is 5.91 Å². The summed E-state index contributed by atoms with van der Waals surface area (Å²) in [5.74, 6) is 0.231. The van der Waals surface area contributed by atoms with Crippen molar-refractivity contribution >= 4 is 23.9 Å². The largest absolute Gasteiger partial charge is 0.272 e. The molecule has 26 heavy (non-hydrogen) atoms. The second kappa shape index (κ2) is 7.54. The van der Waals surface area contributed by atoms with Crippen LogP contribution in [0.2, 0.25) is 0 Å². The van der Waals surface area contributed by atoms with Crippen molar-refractivity contribution in [1.29, 1.82) is 0 Å². The van der Waals surface area contributed by atoms with E-state index in [0.29, 0.717) is 5.75 Å². The highest BCUT2D eigenvalue weighted by atomic mass is 32.2. The third-order valence-corrected chi connectivity index (χ3v) is 5.52. The lowest BCUT2D eigenvalue weighted by atomic mass is 10.1. The van der Waals surface area contributed by atoms with Gasteiger partial charge in [-0.15, -0.1) is 11.8 Å². The molecular weight excluding hydrogens is 342 g/mol. The molecule has 0 radical (unpaired) electrons. The highest BCUT2D eigenvalue weighted by molar-refractivity contribution is 8.00. The molecule has 0 bridgehead atoms. The third-order valence-electron chi connectivity index (χ3n) is 4.25. The summed E-state index contributed by atoms with van der Waals surface area (Å²) in [5, 5.41) is 4.17. The molecule has 0 atom stereocenters. The SMILES string of the molecule is O=C(CSC1c2ccccc2-c2ccccc21)N/N=C\c1cccnc1. The third kappa shape index (κ3) is 3.39. The van der Waals surface area contributed by atoms with Gasteiger partial charge in [0, 0.05) is 18.0 Å². The summed E-state index contributed by atoms with van der Waals surface area (Å²) in [6, 6.07) is 20.5. The Hall–Kier alpha value is -2.92. The van der Waals surface area contributed by atoms with Crippen molar-refractivity contribution in [3.63, 3.8) is 0 Å². The monoisotopic (exact) mass is 359 g/mol. The lowest BCUT2D eigenvalue weighted by Crippen LogP contribution is -2.20. The molecule has 1 N–H and O–H groups in total. The molecule has 0 saturated heterocycles. The summed E-state index contributed by atoms with van der Waals surface area (Å²) in [6.45, 7) is 0. The van der Waals surface area contributed by atoms with Crippen molar-refractivity contribution in [2.24, 2.45) is 5.10 Å². The summed E-state index contributed by atoms with van der Waals surface area (Å²) >= 11 is 1.63. The number of nitrogens with one attached hydrogen (secondary N) is 1. The summed E-state index contributed by atoms with van der Waals surface area (Å²) in [6.07, 6.45) is 4.98. The highest BCUT2D eigenvalue weighted by Crippen LogP contribution is 2.49. The van der Waals surface area contributed by atoms with Crippen molar-refractivity contribution in [1.82, 2.24) is 10.4 Å². The van der Waals surface area contributed by atoms with Crippen molar-refractivity contribution in [3.05, 3.63) is 89.7 Å². The molecule has 128 valence electrons. The normalized spacial score (nSPS) is 12.8. The van der Waals surface area contributed by atoms with Crippen LogP contribution in [0.3, 0.4) is 0 Å². The minimum atomic E-state index is -0.114. The van der Waals surface area contributed by atoms with Gasteiger partial charge in [-0.05, 0) is 28.3 Å². The first-order valence-electron chi connectivity index (χ1n) is 8.35. The number of carbonyl (C=O) groups is 1. The molecule has 4 nitrogen and oxygen atoms in total. The molecule has 1 aliphatic rings. The average Bonchev–Trinajstić information content (AvgIpc) is 3.01. The number of carbonyl (C=O) groups excluding carboxylic acids is 1. The van der Waals surface area contributed by atoms with Crippen molar-refractivity contribution in [3.8, 4) is 11.1 Å². The van der Waals surface area contributed by atoms with Crippen LogP contribution < -0.4 is 5.43 Å². The quantitative estimate of drug-likeness (QED) is 0.553. The zero-order valence-electron chi connectivity index (χ0n) is 14.0. The maximum absolute atomic E-state index is 12.2. The van der Waals surface area contributed by atoms with Crippen LogP contribution in [0.5, 0.6) is 0 Å². The minimum absolute atomic E-state index is 0.114. The number of rotatable bonds is 5. The lowest BCUT2D eigenvalue weighted by molar-refractivity contribution is -0.118. The summed E-state index contributed by atoms with van der Waals surface area (Å²) in [7, 11) is 0. The van der Waals surface area contributed by atoms with E-state index in [9.17, 15) is 4.79 Å². The molecule has 0 fully saturated rings. The van der Waals surface area contributed by atoms with E-state index < -0.39 is 0 Å². The Labute approximate surface area is 156 Å². The average molecular weight is 359 g/mol. The Morgan fingerprint density at radius 2 is 1.73 bits per heavy atom. The fourth-order valence-electron chi connectivity index (χ4n) is 3.11. The Balaban J connectivity index is 1.42. The fraction of sp³-hybridized carbons (Fsp3) is 0.0952. The van der Waals surface area contributed by atoms with Crippen LogP contribution in [0.15, 0.2) is 78.2 Å². The van der Waals surface area contributed by atoms with Gasteiger partial charge < -0.3 is 0 Å². The van der Waals surface area contributed by atoms with Crippen LogP contribution in [-0.2, 0) is 4.79 Å². The highest BCUT2D eigenvalue weighted by Gasteiger charge is 2.28. The van der Waals surface area contributed by atoms with Crippen molar-refractivity contribution in [2.75, 3.05) is 5.75 Å². The van der Waals surface area contributed by atoms with Gasteiger partial charge in [-0.25, -0.2) is 5.43 Å². The number of benzene rings is 2. The number of hydrogen-bond donors (Lipinski definition) is 1. The number of thioether (sulfide) groups is 1. The summed E-state index contributed by atoms with van der Waals surface area (Å²) < 4.78 is 0. The molecule has 1 aromatic heterocycles. The number of fused-ring (bicyclic) bond motifs is 3. The van der Waals surface area contributed by atoms with Crippen LogP contribution in [0.4, 0.5) is 0 Å². The van der Waals surface area contributed by atoms with E-state index in [-0.39, 0.29) is 11.2 Å². The van der Waals surface area contributed by atoms with Gasteiger partial charge in [-0.2, -0.15) is 5.10 Å². The van der Waals surface area contributed by atoms with Crippen LogP contribution in [0, 0.1) is 0 Å². The Bertz CT molecular complexity index is 911. The lowest BCUT2D eigenvalue weighted by Gasteiger charge is -2.12. The van der Waals surface area contributed by atoms with Gasteiger partial charge >= 0.3 is 0 Å². The Morgan fingerprint density at radius 3 is 2.38 bits per heavy atom. The molecular formula is C21H17N3OS. The van der Waals surface area contributed by atoms with Gasteiger partial charge in [-0.1, -0.05) is 54.6 Å². The molecule has 3 aromatic rings. The van der Waals surface area contributed by atoms with E-state index in [4.69, 9.17) is 0 Å². The molecule has 0 spiro atoms. The van der Waals surface area contributed by atoms with E-state index in [1.807, 2.05) is 12.1 Å². The first-order valence-corrected chi connectivity index (χ1v) is 9.39. The molecule has 0 unspecified atom stereocenters. The van der Waals surface area contributed by atoms with Gasteiger partial charge in [-0.3, -0.25) is 9.78 Å². The van der Waals surface area contributed by atoms with Gasteiger partial charge in [0.15, 0.2) is 0 Å². The van der Waals surface area contributed by atoms with E-state index in [2.05, 4.69) is 64.0 Å².